The number of carbonyl (C=O) groups is 3. The van der Waals surface area contributed by atoms with Crippen LogP contribution in [-0.4, -0.2) is 71.8 Å². The van der Waals surface area contributed by atoms with Gasteiger partial charge in [0.1, 0.15) is 5.82 Å². The number of nitrogens with zero attached hydrogens (tertiary/aromatic N) is 4. The molecule has 5 aliphatic rings. The van der Waals surface area contributed by atoms with Crippen molar-refractivity contribution in [3.05, 3.63) is 59.3 Å². The van der Waals surface area contributed by atoms with Gasteiger partial charge in [-0.15, -0.1) is 0 Å². The van der Waals surface area contributed by atoms with Crippen molar-refractivity contribution in [2.24, 2.45) is 5.92 Å². The Balaban J connectivity index is 1.03. The predicted octanol–water partition coefficient (Wildman–Crippen LogP) is 2.47. The highest BCUT2D eigenvalue weighted by Gasteiger charge is 2.58. The molecule has 2 saturated carbocycles. The summed E-state index contributed by atoms with van der Waals surface area (Å²) in [6.45, 7) is 4.04. The molecule has 4 fully saturated rings. The number of aromatic nitrogens is 1. The standard InChI is InChI=1S/C28H30N4O4/c33-24(19-5-6-19)31-15-13-30(14-16-31)23-8-7-20(17-29-23)27(9-10-27)26(35)32-12-11-28(18-32)22-4-2-1-3-21(22)25(34)36-28/h1-4,7-8,17,19H,5-6,9-16,18H2/t28-/m0/s1. The van der Waals surface area contributed by atoms with E-state index in [0.29, 0.717) is 31.0 Å². The van der Waals surface area contributed by atoms with Crippen LogP contribution in [0.4, 0.5) is 5.82 Å². The first-order valence-electron chi connectivity index (χ1n) is 13.1. The van der Waals surface area contributed by atoms with E-state index >= 15 is 0 Å². The van der Waals surface area contributed by atoms with Crippen LogP contribution >= 0.6 is 0 Å². The van der Waals surface area contributed by atoms with E-state index in [4.69, 9.17) is 9.72 Å². The zero-order valence-electron chi connectivity index (χ0n) is 20.3. The minimum Gasteiger partial charge on any atom is -0.449 e. The second-order valence-electron chi connectivity index (χ2n) is 11.0. The smallest absolute Gasteiger partial charge is 0.339 e. The second-order valence-corrected chi connectivity index (χ2v) is 11.0. The molecule has 186 valence electrons. The van der Waals surface area contributed by atoms with Crippen LogP contribution in [0.5, 0.6) is 0 Å². The van der Waals surface area contributed by atoms with Crippen LogP contribution in [-0.2, 0) is 25.3 Å². The van der Waals surface area contributed by atoms with Crippen LogP contribution in [0.2, 0.25) is 0 Å². The summed E-state index contributed by atoms with van der Waals surface area (Å²) in [6.07, 6.45) is 6.20. The number of pyridine rings is 1. The molecule has 4 heterocycles. The number of amides is 2. The molecule has 1 aromatic carbocycles. The summed E-state index contributed by atoms with van der Waals surface area (Å²) >= 11 is 0. The lowest BCUT2D eigenvalue weighted by atomic mass is 9.91. The number of piperazine rings is 1. The van der Waals surface area contributed by atoms with Crippen LogP contribution in [0.15, 0.2) is 42.6 Å². The molecule has 1 aromatic heterocycles. The average Bonchev–Trinajstić information content (AvgIpc) is 3.85. The molecule has 1 atom stereocenters. The lowest BCUT2D eigenvalue weighted by Gasteiger charge is -2.35. The van der Waals surface area contributed by atoms with Gasteiger partial charge in [0.25, 0.3) is 0 Å². The van der Waals surface area contributed by atoms with E-state index in [-0.39, 0.29) is 17.8 Å². The van der Waals surface area contributed by atoms with Crippen LogP contribution in [0.3, 0.4) is 0 Å². The van der Waals surface area contributed by atoms with Gasteiger partial charge in [0.2, 0.25) is 11.8 Å². The molecule has 1 spiro atoms. The first kappa shape index (κ1) is 21.8. The third kappa shape index (κ3) is 3.33. The van der Waals surface area contributed by atoms with E-state index in [1.54, 1.807) is 6.07 Å². The van der Waals surface area contributed by atoms with Crippen LogP contribution in [0.1, 0.15) is 53.6 Å². The maximum Gasteiger partial charge on any atom is 0.339 e. The van der Waals surface area contributed by atoms with Gasteiger partial charge in [-0.1, -0.05) is 24.3 Å². The minimum atomic E-state index is -0.718. The SMILES string of the molecule is O=C1O[C@]2(CCN(C(=O)C3(c4ccc(N5CCN(C(=O)C6CC6)CC5)nc4)CC3)C2)c2ccccc21. The average molecular weight is 487 g/mol. The zero-order chi connectivity index (χ0) is 24.5. The van der Waals surface area contributed by atoms with Gasteiger partial charge in [-0.05, 0) is 43.4 Å². The number of anilines is 1. The summed E-state index contributed by atoms with van der Waals surface area (Å²) in [5.41, 5.74) is 1.24. The van der Waals surface area contributed by atoms with Gasteiger partial charge in [-0.3, -0.25) is 9.59 Å². The Kier molecular flexibility index (Phi) is 4.72. The minimum absolute atomic E-state index is 0.113. The Hall–Kier alpha value is -3.42. The zero-order valence-corrected chi connectivity index (χ0v) is 20.3. The maximum absolute atomic E-state index is 13.7. The molecule has 0 unspecified atom stereocenters. The third-order valence-electron chi connectivity index (χ3n) is 8.75. The Morgan fingerprint density at radius 2 is 1.69 bits per heavy atom. The monoisotopic (exact) mass is 486 g/mol. The topological polar surface area (TPSA) is 83.0 Å². The summed E-state index contributed by atoms with van der Waals surface area (Å²) in [7, 11) is 0. The van der Waals surface area contributed by atoms with E-state index in [1.165, 1.54) is 0 Å². The molecule has 2 aromatic rings. The van der Waals surface area contributed by atoms with E-state index in [0.717, 1.165) is 68.8 Å². The van der Waals surface area contributed by atoms with Crippen molar-refractivity contribution in [2.75, 3.05) is 44.2 Å². The van der Waals surface area contributed by atoms with Crippen molar-refractivity contribution in [3.63, 3.8) is 0 Å². The van der Waals surface area contributed by atoms with Gasteiger partial charge in [-0.2, -0.15) is 0 Å². The van der Waals surface area contributed by atoms with E-state index in [9.17, 15) is 14.4 Å². The van der Waals surface area contributed by atoms with Crippen molar-refractivity contribution in [1.82, 2.24) is 14.8 Å². The number of ether oxygens (including phenoxy) is 1. The molecule has 0 bridgehead atoms. The Morgan fingerprint density at radius 3 is 2.39 bits per heavy atom. The molecule has 8 nitrogen and oxygen atoms in total. The quantitative estimate of drug-likeness (QED) is 0.618. The van der Waals surface area contributed by atoms with E-state index in [2.05, 4.69) is 4.90 Å². The summed E-state index contributed by atoms with van der Waals surface area (Å²) in [6, 6.07) is 11.6. The molecule has 0 radical (unpaired) electrons. The number of rotatable bonds is 4. The molecule has 2 aliphatic carbocycles. The van der Waals surface area contributed by atoms with Gasteiger partial charge in [-0.25, -0.2) is 9.78 Å². The number of likely N-dealkylation sites (tertiary alicyclic amines) is 1. The van der Waals surface area contributed by atoms with Gasteiger partial charge < -0.3 is 19.4 Å². The largest absolute Gasteiger partial charge is 0.449 e. The first-order chi connectivity index (χ1) is 17.5. The molecule has 36 heavy (non-hydrogen) atoms. The molecular formula is C28H30N4O4. The predicted molar refractivity (Wildman–Crippen MR) is 131 cm³/mol. The van der Waals surface area contributed by atoms with Crippen molar-refractivity contribution in [3.8, 4) is 0 Å². The number of hydrogen-bond donors (Lipinski definition) is 0. The number of hydrogen-bond acceptors (Lipinski definition) is 6. The highest BCUT2D eigenvalue weighted by Crippen LogP contribution is 2.52. The summed E-state index contributed by atoms with van der Waals surface area (Å²) in [5.74, 6) is 1.30. The van der Waals surface area contributed by atoms with Gasteiger partial charge in [0, 0.05) is 56.8 Å². The fraction of sp³-hybridized carbons (Fsp3) is 0.500. The maximum atomic E-state index is 13.7. The van der Waals surface area contributed by atoms with Crippen molar-refractivity contribution < 1.29 is 19.1 Å². The van der Waals surface area contributed by atoms with Crippen LogP contribution in [0, 0.1) is 5.92 Å². The first-order valence-corrected chi connectivity index (χ1v) is 13.1. The number of esters is 1. The van der Waals surface area contributed by atoms with E-state index < -0.39 is 11.0 Å². The van der Waals surface area contributed by atoms with E-state index in [1.807, 2.05) is 46.3 Å². The highest BCUT2D eigenvalue weighted by molar-refractivity contribution is 5.96. The lowest BCUT2D eigenvalue weighted by Crippen LogP contribution is -2.49. The number of carbonyl (C=O) groups excluding carboxylic acids is 3. The summed E-state index contributed by atoms with van der Waals surface area (Å²) < 4.78 is 5.85. The highest BCUT2D eigenvalue weighted by atomic mass is 16.6. The Morgan fingerprint density at radius 1 is 0.917 bits per heavy atom. The van der Waals surface area contributed by atoms with Crippen molar-refractivity contribution >= 4 is 23.6 Å². The second kappa shape index (κ2) is 7.79. The van der Waals surface area contributed by atoms with Gasteiger partial charge in [0.05, 0.1) is 17.5 Å². The molecule has 2 saturated heterocycles. The van der Waals surface area contributed by atoms with Gasteiger partial charge >= 0.3 is 5.97 Å². The van der Waals surface area contributed by atoms with Crippen molar-refractivity contribution in [2.45, 2.75) is 43.1 Å². The molecule has 8 heteroatoms. The molecule has 2 amide bonds. The fourth-order valence-electron chi connectivity index (χ4n) is 6.26. The van der Waals surface area contributed by atoms with Crippen LogP contribution < -0.4 is 4.90 Å². The lowest BCUT2D eigenvalue weighted by molar-refractivity contribution is -0.134. The van der Waals surface area contributed by atoms with Gasteiger partial charge in [0.15, 0.2) is 5.60 Å². The summed E-state index contributed by atoms with van der Waals surface area (Å²) in [5, 5.41) is 0. The van der Waals surface area contributed by atoms with Crippen LogP contribution in [0.25, 0.3) is 0 Å². The van der Waals surface area contributed by atoms with Crippen molar-refractivity contribution in [1.29, 1.82) is 0 Å². The third-order valence-corrected chi connectivity index (χ3v) is 8.75. The molecule has 3 aliphatic heterocycles. The molecular weight excluding hydrogens is 456 g/mol. The fourth-order valence-corrected chi connectivity index (χ4v) is 6.26. The normalized spacial score (nSPS) is 26.2. The number of benzene rings is 1. The number of fused-ring (bicyclic) bond motifs is 2. The summed E-state index contributed by atoms with van der Waals surface area (Å²) in [4.78, 5) is 49.3. The Labute approximate surface area is 210 Å². The Bertz CT molecular complexity index is 1240. The molecule has 7 rings (SSSR count). The molecule has 0 N–H and O–H groups in total.